The maximum Gasteiger partial charge on any atom is 0.222 e. The summed E-state index contributed by atoms with van der Waals surface area (Å²) in [5.74, 6) is 0.688. The molecule has 1 N–H and O–H groups in total. The molecular weight excluding hydrogens is 350 g/mol. The second-order valence-electron chi connectivity index (χ2n) is 7.17. The molecule has 0 unspecified atom stereocenters. The lowest BCUT2D eigenvalue weighted by molar-refractivity contribution is -0.128. The third-order valence-electron chi connectivity index (χ3n) is 4.54. The minimum Gasteiger partial charge on any atom is -0.379 e. The van der Waals surface area contributed by atoms with E-state index >= 15 is 0 Å². The molecule has 7 nitrogen and oxygen atoms in total. The van der Waals surface area contributed by atoms with Gasteiger partial charge in [0.05, 0.1) is 45.7 Å². The van der Waals surface area contributed by atoms with Crippen molar-refractivity contribution in [3.8, 4) is 0 Å². The van der Waals surface area contributed by atoms with Crippen LogP contribution < -0.4 is 5.32 Å². The molecule has 0 bridgehead atoms. The van der Waals surface area contributed by atoms with Gasteiger partial charge in [-0.1, -0.05) is 6.92 Å². The summed E-state index contributed by atoms with van der Waals surface area (Å²) in [5, 5.41) is 3.04. The number of carbonyl (C=O) groups is 1. The van der Waals surface area contributed by atoms with E-state index in [1.165, 1.54) is 0 Å². The van der Waals surface area contributed by atoms with Crippen molar-refractivity contribution < 1.29 is 28.5 Å². The molecule has 160 valence electrons. The summed E-state index contributed by atoms with van der Waals surface area (Å²) in [6.07, 6.45) is 2.96. The van der Waals surface area contributed by atoms with Gasteiger partial charge in [-0.2, -0.15) is 0 Å². The Balaban J connectivity index is 2.30. The van der Waals surface area contributed by atoms with Gasteiger partial charge < -0.3 is 29.0 Å². The van der Waals surface area contributed by atoms with Gasteiger partial charge in [0.1, 0.15) is 5.54 Å². The average molecular weight is 390 g/mol. The maximum atomic E-state index is 12.4. The molecule has 0 aliphatic heterocycles. The van der Waals surface area contributed by atoms with Gasteiger partial charge >= 0.3 is 0 Å². The highest BCUT2D eigenvalue weighted by Gasteiger charge is 2.33. The van der Waals surface area contributed by atoms with E-state index in [1.807, 2.05) is 20.8 Å². The Morgan fingerprint density at radius 2 is 1.44 bits per heavy atom. The van der Waals surface area contributed by atoms with Gasteiger partial charge in [0.15, 0.2) is 0 Å². The molecule has 0 spiro atoms. The van der Waals surface area contributed by atoms with Crippen molar-refractivity contribution >= 4 is 5.91 Å². The van der Waals surface area contributed by atoms with Crippen LogP contribution in [0, 0.1) is 5.92 Å². The Kier molecular flexibility index (Phi) is 12.9. The molecule has 0 aromatic rings. The Morgan fingerprint density at radius 3 is 1.93 bits per heavy atom. The summed E-state index contributed by atoms with van der Waals surface area (Å²) in [5.41, 5.74) is -0.677. The SMILES string of the molecule is CCOCC(COCC)(COCC)NC(=O)CCOCCOC1CC(C)C1. The van der Waals surface area contributed by atoms with Gasteiger partial charge in [0.25, 0.3) is 0 Å². The second kappa shape index (κ2) is 14.3. The van der Waals surface area contributed by atoms with E-state index in [4.69, 9.17) is 23.7 Å². The molecule has 27 heavy (non-hydrogen) atoms. The standard InChI is InChI=1S/C20H39NO6/c1-5-23-14-20(15-24-6-2,16-25-7-3)21-19(22)8-9-26-10-11-27-18-12-17(4)13-18/h17-18H,5-16H2,1-4H3,(H,21,22). The van der Waals surface area contributed by atoms with Crippen molar-refractivity contribution in [2.24, 2.45) is 5.92 Å². The molecule has 1 aliphatic carbocycles. The minimum atomic E-state index is -0.677. The highest BCUT2D eigenvalue weighted by molar-refractivity contribution is 5.77. The third-order valence-corrected chi connectivity index (χ3v) is 4.54. The molecule has 7 heteroatoms. The van der Waals surface area contributed by atoms with Crippen molar-refractivity contribution in [1.82, 2.24) is 5.32 Å². The van der Waals surface area contributed by atoms with E-state index in [-0.39, 0.29) is 12.3 Å². The first-order chi connectivity index (χ1) is 13.0. The molecule has 0 aromatic heterocycles. The fourth-order valence-corrected chi connectivity index (χ4v) is 2.99. The first-order valence-electron chi connectivity index (χ1n) is 10.3. The first kappa shape index (κ1) is 24.3. The van der Waals surface area contributed by atoms with Crippen LogP contribution in [0.25, 0.3) is 0 Å². The molecule has 0 radical (unpaired) electrons. The maximum absolute atomic E-state index is 12.4. The van der Waals surface area contributed by atoms with Gasteiger partial charge in [-0.05, 0) is 39.5 Å². The van der Waals surface area contributed by atoms with Crippen molar-refractivity contribution in [1.29, 1.82) is 0 Å². The van der Waals surface area contributed by atoms with Gasteiger partial charge in [-0.15, -0.1) is 0 Å². The van der Waals surface area contributed by atoms with E-state index in [0.717, 1.165) is 18.8 Å². The zero-order chi connectivity index (χ0) is 20.0. The predicted molar refractivity (Wildman–Crippen MR) is 104 cm³/mol. The van der Waals surface area contributed by atoms with Crippen molar-refractivity contribution in [3.05, 3.63) is 0 Å². The minimum absolute atomic E-state index is 0.0946. The average Bonchev–Trinajstić information content (AvgIpc) is 2.63. The number of hydrogen-bond acceptors (Lipinski definition) is 6. The van der Waals surface area contributed by atoms with Crippen LogP contribution in [0.3, 0.4) is 0 Å². The summed E-state index contributed by atoms with van der Waals surface area (Å²) < 4.78 is 27.9. The van der Waals surface area contributed by atoms with E-state index in [0.29, 0.717) is 65.6 Å². The smallest absolute Gasteiger partial charge is 0.222 e. The first-order valence-corrected chi connectivity index (χ1v) is 10.3. The lowest BCUT2D eigenvalue weighted by Crippen LogP contribution is -2.58. The van der Waals surface area contributed by atoms with Crippen LogP contribution in [0.2, 0.25) is 0 Å². The molecule has 1 fully saturated rings. The fourth-order valence-electron chi connectivity index (χ4n) is 2.99. The van der Waals surface area contributed by atoms with E-state index in [9.17, 15) is 4.79 Å². The normalized spacial score (nSPS) is 19.7. The highest BCUT2D eigenvalue weighted by atomic mass is 16.5. The van der Waals surface area contributed by atoms with Gasteiger partial charge in [-0.3, -0.25) is 4.79 Å². The Hall–Kier alpha value is -0.730. The van der Waals surface area contributed by atoms with E-state index < -0.39 is 5.54 Å². The van der Waals surface area contributed by atoms with Gasteiger partial charge in [0.2, 0.25) is 5.91 Å². The second-order valence-corrected chi connectivity index (χ2v) is 7.17. The van der Waals surface area contributed by atoms with Crippen LogP contribution in [0.4, 0.5) is 0 Å². The highest BCUT2D eigenvalue weighted by Crippen LogP contribution is 2.28. The molecular formula is C20H39NO6. The van der Waals surface area contributed by atoms with Crippen LogP contribution in [-0.4, -0.2) is 77.0 Å². The zero-order valence-electron chi connectivity index (χ0n) is 17.6. The number of amides is 1. The number of rotatable bonds is 17. The third kappa shape index (κ3) is 10.4. The molecule has 0 atom stereocenters. The quantitative estimate of drug-likeness (QED) is 0.384. The summed E-state index contributed by atoms with van der Waals surface area (Å²) in [6, 6.07) is 0. The van der Waals surface area contributed by atoms with E-state index in [1.54, 1.807) is 0 Å². The van der Waals surface area contributed by atoms with E-state index in [2.05, 4.69) is 12.2 Å². The van der Waals surface area contributed by atoms with Gasteiger partial charge in [0, 0.05) is 26.2 Å². The van der Waals surface area contributed by atoms with Crippen molar-refractivity contribution in [2.45, 2.75) is 58.6 Å². The summed E-state index contributed by atoms with van der Waals surface area (Å²) in [4.78, 5) is 12.4. The lowest BCUT2D eigenvalue weighted by atomic mass is 9.84. The number of nitrogens with one attached hydrogen (secondary N) is 1. The summed E-state index contributed by atoms with van der Waals surface area (Å²) >= 11 is 0. The summed E-state index contributed by atoms with van der Waals surface area (Å²) in [7, 11) is 0. The molecule has 1 saturated carbocycles. The van der Waals surface area contributed by atoms with Crippen LogP contribution in [0.15, 0.2) is 0 Å². The molecule has 0 saturated heterocycles. The largest absolute Gasteiger partial charge is 0.379 e. The van der Waals surface area contributed by atoms with Crippen LogP contribution in [0.1, 0.15) is 47.0 Å². The fraction of sp³-hybridized carbons (Fsp3) is 0.950. The molecule has 0 aromatic carbocycles. The van der Waals surface area contributed by atoms with Crippen LogP contribution in [0.5, 0.6) is 0 Å². The van der Waals surface area contributed by atoms with Crippen LogP contribution in [-0.2, 0) is 28.5 Å². The van der Waals surface area contributed by atoms with Crippen molar-refractivity contribution in [3.63, 3.8) is 0 Å². The predicted octanol–water partition coefficient (Wildman–Crippen LogP) is 2.17. The Labute approximate surface area is 164 Å². The molecule has 0 heterocycles. The Bertz CT molecular complexity index is 365. The van der Waals surface area contributed by atoms with Gasteiger partial charge in [-0.25, -0.2) is 0 Å². The summed E-state index contributed by atoms with van der Waals surface area (Å²) in [6.45, 7) is 12.2. The Morgan fingerprint density at radius 1 is 0.889 bits per heavy atom. The number of ether oxygens (including phenoxy) is 5. The lowest BCUT2D eigenvalue weighted by Gasteiger charge is -2.34. The molecule has 1 amide bonds. The molecule has 1 aliphatic rings. The molecule has 1 rings (SSSR count). The monoisotopic (exact) mass is 389 g/mol. The van der Waals surface area contributed by atoms with Crippen LogP contribution >= 0.6 is 0 Å². The number of hydrogen-bond donors (Lipinski definition) is 1. The number of carbonyl (C=O) groups excluding carboxylic acids is 1. The topological polar surface area (TPSA) is 75.2 Å². The zero-order valence-corrected chi connectivity index (χ0v) is 17.6. The van der Waals surface area contributed by atoms with Crippen molar-refractivity contribution in [2.75, 3.05) is 59.5 Å².